The Morgan fingerprint density at radius 1 is 0.933 bits per heavy atom. The average Bonchev–Trinajstić information content (AvgIpc) is 2.67. The number of phenols is 1. The molecule has 0 saturated heterocycles. The molecule has 1 atom stereocenters. The van der Waals surface area contributed by atoms with Crippen LogP contribution in [0.4, 0.5) is 11.4 Å². The molecule has 0 fully saturated rings. The Bertz CT molecular complexity index is 1320. The average molecular weight is 475 g/mol. The molecule has 1 unspecified atom stereocenters. The number of benzene rings is 3. The van der Waals surface area contributed by atoms with E-state index >= 15 is 0 Å². The van der Waals surface area contributed by atoms with Crippen molar-refractivity contribution in [1.82, 2.24) is 0 Å². The van der Waals surface area contributed by atoms with Gasteiger partial charge in [0.1, 0.15) is 15.9 Å². The second-order valence-corrected chi connectivity index (χ2v) is 9.67. The Morgan fingerprint density at radius 3 is 2.03 bits per heavy atom. The first kappa shape index (κ1) is 25.0. The Morgan fingerprint density at radius 2 is 1.50 bits per heavy atom. The number of azo groups is 1. The van der Waals surface area contributed by atoms with Crippen LogP contribution in [0.2, 0.25) is 0 Å². The van der Waals surface area contributed by atoms with E-state index in [-0.39, 0.29) is 73.0 Å². The molecule has 2 N–H and O–H groups in total. The van der Waals surface area contributed by atoms with E-state index in [1.54, 1.807) is 18.2 Å². The molecular weight excluding hydrogens is 459 g/mol. The summed E-state index contributed by atoms with van der Waals surface area (Å²) >= 11 is 0. The normalized spacial score (nSPS) is 13.3. The molecule has 9 nitrogen and oxygen atoms in total. The van der Waals surface area contributed by atoms with Crippen LogP contribution in [0.1, 0.15) is 6.92 Å². The number of hydrogen-bond acceptors (Lipinski definition) is 9. The number of sulfone groups is 1. The molecule has 3 aromatic carbocycles. The number of fused-ring (bicyclic) bond motifs is 1. The summed E-state index contributed by atoms with van der Waals surface area (Å²) in [7, 11) is -8.81. The summed E-state index contributed by atoms with van der Waals surface area (Å²) in [5.41, 5.74) is -1.28. The van der Waals surface area contributed by atoms with Crippen LogP contribution in [0.15, 0.2) is 74.6 Å². The molecule has 0 aliphatic rings. The number of aromatic hydroxyl groups is 1. The third kappa shape index (κ3) is 5.15. The molecule has 0 heterocycles. The predicted octanol–water partition coefficient (Wildman–Crippen LogP) is -0.0191. The van der Waals surface area contributed by atoms with Crippen LogP contribution in [-0.4, -0.2) is 37.0 Å². The first-order valence-electron chi connectivity index (χ1n) is 8.16. The molecule has 3 aromatic rings. The maximum atomic E-state index is 11.9. The second-order valence-electron chi connectivity index (χ2n) is 6.08. The maximum absolute atomic E-state index is 11.9. The van der Waals surface area contributed by atoms with E-state index < -0.39 is 36.0 Å². The smallest absolute Gasteiger partial charge is 0.744 e. The van der Waals surface area contributed by atoms with Crippen LogP contribution in [0.25, 0.3) is 10.8 Å². The van der Waals surface area contributed by atoms with Crippen molar-refractivity contribution in [2.75, 3.05) is 0 Å². The maximum Gasteiger partial charge on any atom is 1.00 e. The first-order chi connectivity index (χ1) is 13.5. The Labute approximate surface area is 215 Å². The zero-order valence-corrected chi connectivity index (χ0v) is 20.7. The number of nitrogens with zero attached hydrogens (tertiary/aromatic N) is 2. The van der Waals surface area contributed by atoms with Gasteiger partial charge in [-0.3, -0.25) is 0 Å². The van der Waals surface area contributed by atoms with Crippen molar-refractivity contribution in [3.63, 3.8) is 0 Å². The van der Waals surface area contributed by atoms with E-state index in [9.17, 15) is 31.6 Å². The van der Waals surface area contributed by atoms with Gasteiger partial charge in [-0.05, 0) is 37.3 Å². The fourth-order valence-corrected chi connectivity index (χ4v) is 4.11. The first-order valence-corrected chi connectivity index (χ1v) is 11.1. The van der Waals surface area contributed by atoms with Crippen molar-refractivity contribution in [1.29, 1.82) is 0 Å². The molecule has 0 amide bonds. The topological polar surface area (TPSA) is 157 Å². The van der Waals surface area contributed by atoms with Crippen molar-refractivity contribution < 1.29 is 83.0 Å². The molecule has 0 radical (unpaired) electrons. The minimum Gasteiger partial charge on any atom is -0.744 e. The molecule has 0 aliphatic heterocycles. The number of hydrogen-bond donors (Lipinski definition) is 2. The molecule has 30 heavy (non-hydrogen) atoms. The standard InChI is InChI=1S/C18H16N2O7S2.K/c1-11(21)28(23,24)13-8-6-12(7-9-13)19-20-16-10-17(29(25,26)27)18(22)15-5-3-2-4-14(15)16;/h2-11,21-22H,1H3,(H,25,26,27);/q;+1/p-1/b20-19+;. The summed E-state index contributed by atoms with van der Waals surface area (Å²) in [6.45, 7) is 1.14. The van der Waals surface area contributed by atoms with Gasteiger partial charge in [-0.1, -0.05) is 24.3 Å². The molecule has 0 saturated carbocycles. The molecule has 0 spiro atoms. The Balaban J connectivity index is 0.00000320. The molecule has 0 aromatic heterocycles. The van der Waals surface area contributed by atoms with E-state index in [1.807, 2.05) is 0 Å². The van der Waals surface area contributed by atoms with Gasteiger partial charge in [0.25, 0.3) is 0 Å². The predicted molar refractivity (Wildman–Crippen MR) is 103 cm³/mol. The van der Waals surface area contributed by atoms with Crippen LogP contribution >= 0.6 is 0 Å². The van der Waals surface area contributed by atoms with E-state index in [4.69, 9.17) is 0 Å². The van der Waals surface area contributed by atoms with Gasteiger partial charge in [-0.15, -0.1) is 5.11 Å². The van der Waals surface area contributed by atoms with Crippen LogP contribution in [0, 0.1) is 0 Å². The summed E-state index contributed by atoms with van der Waals surface area (Å²) in [5.74, 6) is -0.665. The zero-order valence-electron chi connectivity index (χ0n) is 15.9. The van der Waals surface area contributed by atoms with Gasteiger partial charge in [-0.2, -0.15) is 5.11 Å². The number of aliphatic hydroxyl groups is 1. The van der Waals surface area contributed by atoms with E-state index in [0.29, 0.717) is 5.39 Å². The van der Waals surface area contributed by atoms with Crippen LogP contribution in [0.5, 0.6) is 5.75 Å². The van der Waals surface area contributed by atoms with Crippen LogP contribution < -0.4 is 51.4 Å². The Kier molecular flexibility index (Phi) is 7.93. The molecular formula is C18H15KN2O7S2. The third-order valence-corrected chi connectivity index (χ3v) is 6.79. The largest absolute Gasteiger partial charge is 1.00 e. The van der Waals surface area contributed by atoms with E-state index in [0.717, 1.165) is 13.0 Å². The fraction of sp³-hybridized carbons (Fsp3) is 0.111. The van der Waals surface area contributed by atoms with Crippen molar-refractivity contribution in [2.24, 2.45) is 10.2 Å². The summed E-state index contributed by atoms with van der Waals surface area (Å²) in [5, 5.41) is 27.8. The summed E-state index contributed by atoms with van der Waals surface area (Å²) < 4.78 is 58.2. The minimum absolute atomic E-state index is 0. The van der Waals surface area contributed by atoms with Crippen molar-refractivity contribution in [3.8, 4) is 5.75 Å². The minimum atomic E-state index is -4.95. The van der Waals surface area contributed by atoms with Crippen LogP contribution in [0.3, 0.4) is 0 Å². The van der Waals surface area contributed by atoms with Gasteiger partial charge < -0.3 is 14.8 Å². The van der Waals surface area contributed by atoms with Crippen molar-refractivity contribution >= 4 is 42.1 Å². The van der Waals surface area contributed by atoms with Crippen molar-refractivity contribution in [3.05, 3.63) is 54.6 Å². The molecule has 0 aliphatic carbocycles. The van der Waals surface area contributed by atoms with Gasteiger partial charge in [-0.25, -0.2) is 16.8 Å². The zero-order chi connectivity index (χ0) is 21.4. The number of rotatable bonds is 5. The summed E-state index contributed by atoms with van der Waals surface area (Å²) in [6, 6.07) is 12.3. The van der Waals surface area contributed by atoms with Crippen molar-refractivity contribution in [2.45, 2.75) is 22.2 Å². The van der Waals surface area contributed by atoms with E-state index in [2.05, 4.69) is 10.2 Å². The summed E-state index contributed by atoms with van der Waals surface area (Å²) in [6.07, 6.45) is 0. The van der Waals surface area contributed by atoms with Gasteiger partial charge in [0.05, 0.1) is 21.2 Å². The molecule has 12 heteroatoms. The van der Waals surface area contributed by atoms with Gasteiger partial charge in [0.15, 0.2) is 5.44 Å². The SMILES string of the molecule is CC(O)S(=O)(=O)c1ccc(/N=N/c2cc(S(=O)(=O)[O-])c(O)c3ccccc23)cc1.[K+]. The number of aliphatic hydroxyl groups excluding tert-OH is 1. The molecule has 152 valence electrons. The van der Waals surface area contributed by atoms with Crippen LogP contribution in [-0.2, 0) is 20.0 Å². The van der Waals surface area contributed by atoms with E-state index in [1.165, 1.54) is 30.3 Å². The number of phenolic OH excluding ortho intramolecular Hbond substituents is 1. The third-order valence-electron chi connectivity index (χ3n) is 4.12. The fourth-order valence-electron chi connectivity index (χ4n) is 2.60. The summed E-state index contributed by atoms with van der Waals surface area (Å²) in [4.78, 5) is -0.912. The van der Waals surface area contributed by atoms with Gasteiger partial charge in [0.2, 0.25) is 9.84 Å². The van der Waals surface area contributed by atoms with Gasteiger partial charge >= 0.3 is 51.4 Å². The second kappa shape index (κ2) is 9.50. The Hall–Kier alpha value is -1.22. The quantitative estimate of drug-likeness (QED) is 0.299. The molecule has 0 bridgehead atoms. The molecule has 3 rings (SSSR count). The monoisotopic (exact) mass is 474 g/mol. The van der Waals surface area contributed by atoms with Gasteiger partial charge in [0, 0.05) is 10.8 Å².